The molecule has 1 rings (SSSR count). The number of carbonyl (C=O) groups is 1. The first kappa shape index (κ1) is 18.6. The number of rotatable bonds is 11. The van der Waals surface area contributed by atoms with Gasteiger partial charge in [0.25, 0.3) is 0 Å². The Morgan fingerprint density at radius 3 is 2.14 bits per heavy atom. The predicted molar refractivity (Wildman–Crippen MR) is 80.3 cm³/mol. The molecule has 0 amide bonds. The summed E-state index contributed by atoms with van der Waals surface area (Å²) in [4.78, 5) is 10.8. The van der Waals surface area contributed by atoms with Crippen LogP contribution in [0.5, 0.6) is 0 Å². The first-order chi connectivity index (χ1) is 10.7. The fourth-order valence-corrected chi connectivity index (χ4v) is 1.98. The molecule has 0 atom stereocenters. The van der Waals surface area contributed by atoms with Gasteiger partial charge in [-0.2, -0.15) is 0 Å². The summed E-state index contributed by atoms with van der Waals surface area (Å²) in [7, 11) is 1.32. The molecular weight excluding hydrogens is 288 g/mol. The molecule has 0 heterocycles. The second-order valence-electron chi connectivity index (χ2n) is 4.82. The van der Waals surface area contributed by atoms with Crippen molar-refractivity contribution in [3.8, 4) is 0 Å². The lowest BCUT2D eigenvalue weighted by molar-refractivity contribution is -0.146. The molecule has 0 spiro atoms. The zero-order valence-electron chi connectivity index (χ0n) is 12.9. The molecule has 0 fully saturated rings. The van der Waals surface area contributed by atoms with Crippen LogP contribution in [0.3, 0.4) is 0 Å². The molecule has 2 N–H and O–H groups in total. The van der Waals surface area contributed by atoms with E-state index in [4.69, 9.17) is 9.47 Å². The first-order valence-corrected chi connectivity index (χ1v) is 7.25. The standard InChI is InChI=1S/C16H24O6/c1-20-16(19)12-22-6-5-21-4-2-3-13-7-14(10-17)9-15(8-13)11-18/h7-9,17-18H,2-6,10-12H2,1H3. The van der Waals surface area contributed by atoms with E-state index >= 15 is 0 Å². The quantitative estimate of drug-likeness (QED) is 0.464. The summed E-state index contributed by atoms with van der Waals surface area (Å²) in [6.07, 6.45) is 1.64. The number of aryl methyl sites for hydroxylation is 1. The van der Waals surface area contributed by atoms with Gasteiger partial charge in [0.1, 0.15) is 6.61 Å². The predicted octanol–water partition coefficient (Wildman–Crippen LogP) is 0.810. The van der Waals surface area contributed by atoms with Crippen LogP contribution in [0.15, 0.2) is 18.2 Å². The highest BCUT2D eigenvalue weighted by Gasteiger charge is 2.01. The Morgan fingerprint density at radius 2 is 1.55 bits per heavy atom. The van der Waals surface area contributed by atoms with E-state index in [1.54, 1.807) is 6.07 Å². The van der Waals surface area contributed by atoms with Gasteiger partial charge in [0.2, 0.25) is 0 Å². The summed E-state index contributed by atoms with van der Waals surface area (Å²) in [5.74, 6) is -0.400. The van der Waals surface area contributed by atoms with E-state index in [9.17, 15) is 15.0 Å². The number of hydrogen-bond acceptors (Lipinski definition) is 6. The van der Waals surface area contributed by atoms with Gasteiger partial charge < -0.3 is 24.4 Å². The molecule has 0 bridgehead atoms. The van der Waals surface area contributed by atoms with Gasteiger partial charge in [-0.3, -0.25) is 0 Å². The van der Waals surface area contributed by atoms with Crippen molar-refractivity contribution in [1.29, 1.82) is 0 Å². The lowest BCUT2D eigenvalue weighted by atomic mass is 10.0. The minimum absolute atomic E-state index is 0.0329. The molecule has 1 aromatic rings. The van der Waals surface area contributed by atoms with Crippen LogP contribution in [-0.2, 0) is 38.6 Å². The van der Waals surface area contributed by atoms with E-state index in [0.717, 1.165) is 29.5 Å². The molecule has 0 aliphatic rings. The van der Waals surface area contributed by atoms with Crippen molar-refractivity contribution in [1.82, 2.24) is 0 Å². The second kappa shape index (κ2) is 11.1. The molecule has 0 aromatic heterocycles. The Bertz CT molecular complexity index is 424. The lowest BCUT2D eigenvalue weighted by Gasteiger charge is -2.08. The van der Waals surface area contributed by atoms with Gasteiger partial charge in [-0.05, 0) is 29.5 Å². The normalized spacial score (nSPS) is 10.7. The van der Waals surface area contributed by atoms with Gasteiger partial charge >= 0.3 is 5.97 Å². The fraction of sp³-hybridized carbons (Fsp3) is 0.562. The van der Waals surface area contributed by atoms with Crippen molar-refractivity contribution in [2.45, 2.75) is 26.1 Å². The Labute approximate surface area is 130 Å². The summed E-state index contributed by atoms with van der Waals surface area (Å²) >= 11 is 0. The third-order valence-electron chi connectivity index (χ3n) is 3.05. The number of hydrogen-bond donors (Lipinski definition) is 2. The van der Waals surface area contributed by atoms with Crippen molar-refractivity contribution in [3.63, 3.8) is 0 Å². The topological polar surface area (TPSA) is 85.2 Å². The maximum absolute atomic E-state index is 10.8. The van der Waals surface area contributed by atoms with Gasteiger partial charge in [0.15, 0.2) is 0 Å². The number of aliphatic hydroxyl groups excluding tert-OH is 2. The average molecular weight is 312 g/mol. The van der Waals surface area contributed by atoms with E-state index < -0.39 is 5.97 Å². The van der Waals surface area contributed by atoms with Crippen molar-refractivity contribution < 1.29 is 29.2 Å². The lowest BCUT2D eigenvalue weighted by Crippen LogP contribution is -2.13. The largest absolute Gasteiger partial charge is 0.467 e. The molecule has 6 nitrogen and oxygen atoms in total. The van der Waals surface area contributed by atoms with Gasteiger partial charge in [-0.15, -0.1) is 0 Å². The van der Waals surface area contributed by atoms with Crippen molar-refractivity contribution >= 4 is 5.97 Å². The monoisotopic (exact) mass is 312 g/mol. The maximum Gasteiger partial charge on any atom is 0.331 e. The number of esters is 1. The third kappa shape index (κ3) is 7.51. The zero-order valence-corrected chi connectivity index (χ0v) is 12.9. The molecule has 0 aliphatic carbocycles. The molecule has 22 heavy (non-hydrogen) atoms. The molecular formula is C16H24O6. The average Bonchev–Trinajstić information content (AvgIpc) is 2.56. The van der Waals surface area contributed by atoms with Crippen molar-refractivity contribution in [2.75, 3.05) is 33.5 Å². The summed E-state index contributed by atoms with van der Waals surface area (Å²) in [5.41, 5.74) is 2.68. The zero-order chi connectivity index (χ0) is 16.2. The number of carbonyl (C=O) groups excluding carboxylic acids is 1. The Hall–Kier alpha value is -1.47. The fourth-order valence-electron chi connectivity index (χ4n) is 1.98. The summed E-state index contributed by atoms with van der Waals surface area (Å²) in [6, 6.07) is 5.65. The Morgan fingerprint density at radius 1 is 0.955 bits per heavy atom. The molecule has 0 saturated carbocycles. The van der Waals surface area contributed by atoms with Gasteiger partial charge in [-0.1, -0.05) is 18.2 Å². The van der Waals surface area contributed by atoms with E-state index in [-0.39, 0.29) is 19.8 Å². The number of aliphatic hydroxyl groups is 2. The molecule has 1 aromatic carbocycles. The molecule has 0 saturated heterocycles. The second-order valence-corrected chi connectivity index (χ2v) is 4.82. The van der Waals surface area contributed by atoms with Crippen molar-refractivity contribution in [3.05, 3.63) is 34.9 Å². The molecule has 0 radical (unpaired) electrons. The highest BCUT2D eigenvalue weighted by molar-refractivity contribution is 5.70. The van der Waals surface area contributed by atoms with E-state index in [1.807, 2.05) is 12.1 Å². The Balaban J connectivity index is 2.15. The summed E-state index contributed by atoms with van der Waals surface area (Å²) < 4.78 is 14.9. The first-order valence-electron chi connectivity index (χ1n) is 7.25. The maximum atomic E-state index is 10.8. The third-order valence-corrected chi connectivity index (χ3v) is 3.05. The van der Waals surface area contributed by atoms with Gasteiger partial charge in [0.05, 0.1) is 33.5 Å². The van der Waals surface area contributed by atoms with Gasteiger partial charge in [-0.25, -0.2) is 4.79 Å². The smallest absolute Gasteiger partial charge is 0.331 e. The van der Waals surface area contributed by atoms with Crippen LogP contribution in [0.4, 0.5) is 0 Å². The Kier molecular flexibility index (Phi) is 9.41. The van der Waals surface area contributed by atoms with Gasteiger partial charge in [0, 0.05) is 6.61 Å². The number of ether oxygens (including phenoxy) is 3. The molecule has 0 aliphatic heterocycles. The van der Waals surface area contributed by atoms with Crippen LogP contribution in [0.25, 0.3) is 0 Å². The minimum Gasteiger partial charge on any atom is -0.467 e. The molecule has 0 unspecified atom stereocenters. The molecule has 124 valence electrons. The van der Waals surface area contributed by atoms with Crippen LogP contribution < -0.4 is 0 Å². The highest BCUT2D eigenvalue weighted by Crippen LogP contribution is 2.12. The van der Waals surface area contributed by atoms with E-state index in [2.05, 4.69) is 4.74 Å². The summed E-state index contributed by atoms with van der Waals surface area (Å²) in [5, 5.41) is 18.4. The number of benzene rings is 1. The SMILES string of the molecule is COC(=O)COCCOCCCc1cc(CO)cc(CO)c1. The van der Waals surface area contributed by atoms with Crippen LogP contribution in [0.2, 0.25) is 0 Å². The molecule has 6 heteroatoms. The van der Waals surface area contributed by atoms with Crippen LogP contribution in [0, 0.1) is 0 Å². The summed E-state index contributed by atoms with van der Waals surface area (Å²) in [6.45, 7) is 1.24. The number of methoxy groups -OCH3 is 1. The van der Waals surface area contributed by atoms with E-state index in [0.29, 0.717) is 19.8 Å². The van der Waals surface area contributed by atoms with E-state index in [1.165, 1.54) is 7.11 Å². The highest BCUT2D eigenvalue weighted by atomic mass is 16.6. The van der Waals surface area contributed by atoms with Crippen LogP contribution in [-0.4, -0.2) is 49.7 Å². The van der Waals surface area contributed by atoms with Crippen molar-refractivity contribution in [2.24, 2.45) is 0 Å². The minimum atomic E-state index is -0.400. The van der Waals surface area contributed by atoms with Crippen LogP contribution in [0.1, 0.15) is 23.1 Å². The van der Waals surface area contributed by atoms with Crippen LogP contribution >= 0.6 is 0 Å².